The van der Waals surface area contributed by atoms with Crippen LogP contribution in [-0.4, -0.2) is 37.1 Å². The Hall–Kier alpha value is -1.56. The number of ether oxygens (including phenoxy) is 1. The second-order valence-corrected chi connectivity index (χ2v) is 6.45. The number of aliphatic carboxylic acids is 1. The SMILES string of the molecule is Cc1ccc(OCCS(=O)(=O)C(C)C(=O)O)cc1. The molecule has 1 rings (SSSR count). The van der Waals surface area contributed by atoms with Crippen LogP contribution in [0.2, 0.25) is 0 Å². The number of hydrogen-bond donors (Lipinski definition) is 1. The van der Waals surface area contributed by atoms with Crippen molar-refractivity contribution in [2.45, 2.75) is 19.1 Å². The van der Waals surface area contributed by atoms with Crippen molar-refractivity contribution in [3.63, 3.8) is 0 Å². The molecule has 1 unspecified atom stereocenters. The van der Waals surface area contributed by atoms with Crippen molar-refractivity contribution in [3.8, 4) is 5.75 Å². The normalized spacial score (nSPS) is 13.0. The Morgan fingerprint density at radius 3 is 2.39 bits per heavy atom. The number of carboxylic acids is 1. The first kappa shape index (κ1) is 14.5. The predicted molar refractivity (Wildman–Crippen MR) is 67.6 cm³/mol. The highest BCUT2D eigenvalue weighted by molar-refractivity contribution is 7.92. The Balaban J connectivity index is 2.51. The van der Waals surface area contributed by atoms with Gasteiger partial charge >= 0.3 is 5.97 Å². The molecular formula is C12H16O5S. The molecule has 0 saturated carbocycles. The van der Waals surface area contributed by atoms with Gasteiger partial charge in [-0.3, -0.25) is 4.79 Å². The van der Waals surface area contributed by atoms with Gasteiger partial charge in [0.1, 0.15) is 12.4 Å². The molecule has 0 fully saturated rings. The van der Waals surface area contributed by atoms with Crippen LogP contribution in [0.15, 0.2) is 24.3 Å². The molecule has 0 radical (unpaired) electrons. The highest BCUT2D eigenvalue weighted by atomic mass is 32.2. The van der Waals surface area contributed by atoms with Gasteiger partial charge < -0.3 is 9.84 Å². The second kappa shape index (κ2) is 5.86. The average Bonchev–Trinajstić information content (AvgIpc) is 2.30. The summed E-state index contributed by atoms with van der Waals surface area (Å²) in [4.78, 5) is 10.6. The second-order valence-electron chi connectivity index (χ2n) is 4.01. The zero-order valence-electron chi connectivity index (χ0n) is 10.3. The Bertz CT molecular complexity index is 504. The van der Waals surface area contributed by atoms with Gasteiger partial charge in [-0.15, -0.1) is 0 Å². The van der Waals surface area contributed by atoms with E-state index in [0.29, 0.717) is 5.75 Å². The molecule has 6 heteroatoms. The zero-order valence-corrected chi connectivity index (χ0v) is 11.1. The molecule has 1 aromatic rings. The van der Waals surface area contributed by atoms with E-state index in [9.17, 15) is 13.2 Å². The summed E-state index contributed by atoms with van der Waals surface area (Å²) >= 11 is 0. The molecular weight excluding hydrogens is 256 g/mol. The summed E-state index contributed by atoms with van der Waals surface area (Å²) in [7, 11) is -3.66. The molecule has 1 N–H and O–H groups in total. The smallest absolute Gasteiger partial charge is 0.321 e. The first-order valence-corrected chi connectivity index (χ1v) is 7.18. The van der Waals surface area contributed by atoms with E-state index in [1.807, 2.05) is 19.1 Å². The van der Waals surface area contributed by atoms with Gasteiger partial charge in [0.2, 0.25) is 0 Å². The monoisotopic (exact) mass is 272 g/mol. The molecule has 0 aliphatic carbocycles. The molecule has 5 nitrogen and oxygen atoms in total. The van der Waals surface area contributed by atoms with Crippen LogP contribution in [0.4, 0.5) is 0 Å². The lowest BCUT2D eigenvalue weighted by atomic mass is 10.2. The summed E-state index contributed by atoms with van der Waals surface area (Å²) in [5, 5.41) is 7.24. The maximum Gasteiger partial charge on any atom is 0.321 e. The molecule has 0 amide bonds. The highest BCUT2D eigenvalue weighted by Crippen LogP contribution is 2.12. The maximum absolute atomic E-state index is 11.6. The van der Waals surface area contributed by atoms with E-state index < -0.39 is 21.1 Å². The minimum Gasteiger partial charge on any atom is -0.493 e. The number of aryl methyl sites for hydroxylation is 1. The minimum atomic E-state index is -3.66. The van der Waals surface area contributed by atoms with Gasteiger partial charge in [-0.1, -0.05) is 17.7 Å². The van der Waals surface area contributed by atoms with Crippen LogP contribution >= 0.6 is 0 Å². The topological polar surface area (TPSA) is 80.7 Å². The largest absolute Gasteiger partial charge is 0.493 e. The first-order valence-electron chi connectivity index (χ1n) is 5.47. The summed E-state index contributed by atoms with van der Waals surface area (Å²) < 4.78 is 28.4. The van der Waals surface area contributed by atoms with E-state index in [1.165, 1.54) is 0 Å². The van der Waals surface area contributed by atoms with Gasteiger partial charge in [0, 0.05) is 0 Å². The van der Waals surface area contributed by atoms with Gasteiger partial charge in [-0.05, 0) is 26.0 Å². The fourth-order valence-corrected chi connectivity index (χ4v) is 2.22. The Kier molecular flexibility index (Phi) is 4.72. The zero-order chi connectivity index (χ0) is 13.8. The molecule has 0 aliphatic rings. The molecule has 1 atom stereocenters. The molecule has 0 aliphatic heterocycles. The van der Waals surface area contributed by atoms with Crippen molar-refractivity contribution >= 4 is 15.8 Å². The van der Waals surface area contributed by atoms with E-state index in [1.54, 1.807) is 12.1 Å². The summed E-state index contributed by atoms with van der Waals surface area (Å²) in [5.74, 6) is -1.09. The molecule has 0 spiro atoms. The van der Waals surface area contributed by atoms with Crippen molar-refractivity contribution in [2.24, 2.45) is 0 Å². The number of sulfone groups is 1. The van der Waals surface area contributed by atoms with E-state index in [4.69, 9.17) is 9.84 Å². The Morgan fingerprint density at radius 2 is 1.89 bits per heavy atom. The first-order chi connectivity index (χ1) is 8.33. The van der Waals surface area contributed by atoms with Crippen LogP contribution in [0, 0.1) is 6.92 Å². The molecule has 0 saturated heterocycles. The number of rotatable bonds is 6. The van der Waals surface area contributed by atoms with Crippen molar-refractivity contribution in [1.82, 2.24) is 0 Å². The lowest BCUT2D eigenvalue weighted by molar-refractivity contribution is -0.136. The summed E-state index contributed by atoms with van der Waals surface area (Å²) in [6.07, 6.45) is 0. The number of carbonyl (C=O) groups is 1. The molecule has 18 heavy (non-hydrogen) atoms. The fourth-order valence-electron chi connectivity index (χ4n) is 1.24. The molecule has 0 aromatic heterocycles. The van der Waals surface area contributed by atoms with Gasteiger partial charge in [-0.2, -0.15) is 0 Å². The van der Waals surface area contributed by atoms with Crippen molar-refractivity contribution in [1.29, 1.82) is 0 Å². The van der Waals surface area contributed by atoms with Gasteiger partial charge in [0.15, 0.2) is 15.1 Å². The van der Waals surface area contributed by atoms with Crippen LogP contribution in [0.1, 0.15) is 12.5 Å². The summed E-state index contributed by atoms with van der Waals surface area (Å²) in [6, 6.07) is 7.18. The van der Waals surface area contributed by atoms with Crippen molar-refractivity contribution < 1.29 is 23.1 Å². The third-order valence-corrected chi connectivity index (χ3v) is 4.56. The third-order valence-electron chi connectivity index (χ3n) is 2.54. The lowest BCUT2D eigenvalue weighted by Gasteiger charge is -2.09. The predicted octanol–water partition coefficient (Wildman–Crippen LogP) is 1.26. The molecule has 1 aromatic carbocycles. The molecule has 100 valence electrons. The fraction of sp³-hybridized carbons (Fsp3) is 0.417. The van der Waals surface area contributed by atoms with Crippen LogP contribution in [0.3, 0.4) is 0 Å². The summed E-state index contributed by atoms with van der Waals surface area (Å²) in [5.41, 5.74) is 1.08. The number of carboxylic acid groups (broad SMARTS) is 1. The number of hydrogen-bond acceptors (Lipinski definition) is 4. The molecule has 0 heterocycles. The highest BCUT2D eigenvalue weighted by Gasteiger charge is 2.27. The van der Waals surface area contributed by atoms with Gasteiger partial charge in [-0.25, -0.2) is 8.42 Å². The van der Waals surface area contributed by atoms with Crippen LogP contribution in [-0.2, 0) is 14.6 Å². The summed E-state index contributed by atoms with van der Waals surface area (Å²) in [6.45, 7) is 3.04. The average molecular weight is 272 g/mol. The van der Waals surface area contributed by atoms with Crippen molar-refractivity contribution in [3.05, 3.63) is 29.8 Å². The van der Waals surface area contributed by atoms with E-state index in [-0.39, 0.29) is 12.4 Å². The van der Waals surface area contributed by atoms with Gasteiger partial charge in [0.25, 0.3) is 0 Å². The lowest BCUT2D eigenvalue weighted by Crippen LogP contribution is -2.31. The number of benzene rings is 1. The van der Waals surface area contributed by atoms with E-state index >= 15 is 0 Å². The van der Waals surface area contributed by atoms with Crippen LogP contribution < -0.4 is 4.74 Å². The van der Waals surface area contributed by atoms with E-state index in [0.717, 1.165) is 12.5 Å². The Labute approximate surface area is 106 Å². The molecule has 0 bridgehead atoms. The van der Waals surface area contributed by atoms with Crippen LogP contribution in [0.5, 0.6) is 5.75 Å². The van der Waals surface area contributed by atoms with Gasteiger partial charge in [0.05, 0.1) is 5.75 Å². The quantitative estimate of drug-likeness (QED) is 0.843. The van der Waals surface area contributed by atoms with Crippen molar-refractivity contribution in [2.75, 3.05) is 12.4 Å². The van der Waals surface area contributed by atoms with Crippen LogP contribution in [0.25, 0.3) is 0 Å². The Morgan fingerprint density at radius 1 is 1.33 bits per heavy atom. The van der Waals surface area contributed by atoms with E-state index in [2.05, 4.69) is 0 Å². The minimum absolute atomic E-state index is 0.0526. The standard InChI is InChI=1S/C12H16O5S/c1-9-3-5-11(6-4-9)17-7-8-18(15,16)10(2)12(13)14/h3-6,10H,7-8H2,1-2H3,(H,13,14). The maximum atomic E-state index is 11.6. The third kappa shape index (κ3) is 4.03.